The summed E-state index contributed by atoms with van der Waals surface area (Å²) in [5, 5.41) is 13.4. The summed E-state index contributed by atoms with van der Waals surface area (Å²) >= 11 is 6.28. The lowest BCUT2D eigenvalue weighted by Gasteiger charge is -2.45. The summed E-state index contributed by atoms with van der Waals surface area (Å²) in [6.45, 7) is 4.91. The second kappa shape index (κ2) is 8.41. The highest BCUT2D eigenvalue weighted by Crippen LogP contribution is 2.46. The molecule has 0 aliphatic heterocycles. The zero-order valence-electron chi connectivity index (χ0n) is 17.6. The maximum Gasteiger partial charge on any atom is 0.293 e. The molecule has 1 saturated carbocycles. The van der Waals surface area contributed by atoms with E-state index >= 15 is 0 Å². The molecule has 2 aromatic rings. The smallest absolute Gasteiger partial charge is 0.293 e. The van der Waals surface area contributed by atoms with Crippen molar-refractivity contribution < 1.29 is 27.6 Å². The zero-order valence-corrected chi connectivity index (χ0v) is 18.3. The van der Waals surface area contributed by atoms with Gasteiger partial charge in [-0.1, -0.05) is 17.7 Å². The standard InChI is InChI=1S/C22H18ClF3N4O3/c1-4-21(9-22(25,26)10-21)29-20(33)18(31)15-11(2)30(3)17(16(15)23)19(32)28-13-5-6-14(24)12(7-13)8-27/h4-7H,1,9-10H2,2-3H3,(H,28,32)(H,29,33). The van der Waals surface area contributed by atoms with Gasteiger partial charge in [0.1, 0.15) is 17.6 Å². The Morgan fingerprint density at radius 1 is 1.30 bits per heavy atom. The Hall–Kier alpha value is -3.58. The van der Waals surface area contributed by atoms with E-state index in [4.69, 9.17) is 16.9 Å². The van der Waals surface area contributed by atoms with Crippen LogP contribution in [0.1, 0.15) is 44.9 Å². The van der Waals surface area contributed by atoms with Crippen molar-refractivity contribution in [3.05, 3.63) is 64.2 Å². The molecule has 1 aromatic carbocycles. The topological polar surface area (TPSA) is 104 Å². The Morgan fingerprint density at radius 2 is 1.94 bits per heavy atom. The first kappa shape index (κ1) is 24.1. The minimum atomic E-state index is -2.97. The first-order valence-electron chi connectivity index (χ1n) is 9.59. The lowest BCUT2D eigenvalue weighted by molar-refractivity contribution is -0.135. The van der Waals surface area contributed by atoms with Crippen LogP contribution in [0.25, 0.3) is 0 Å². The Kier molecular flexibility index (Phi) is 6.13. The molecule has 172 valence electrons. The zero-order chi connectivity index (χ0) is 24.7. The molecule has 1 fully saturated rings. The molecule has 2 amide bonds. The normalized spacial score (nSPS) is 15.7. The molecule has 0 saturated heterocycles. The predicted octanol–water partition coefficient (Wildman–Crippen LogP) is 3.90. The molecule has 0 bridgehead atoms. The summed E-state index contributed by atoms with van der Waals surface area (Å²) in [6, 6.07) is 5.02. The summed E-state index contributed by atoms with van der Waals surface area (Å²) < 4.78 is 41.4. The van der Waals surface area contributed by atoms with Crippen molar-refractivity contribution in [2.75, 3.05) is 5.32 Å². The Bertz CT molecular complexity index is 1240. The van der Waals surface area contributed by atoms with E-state index in [0.717, 1.165) is 18.2 Å². The molecule has 0 spiro atoms. The molecule has 1 aromatic heterocycles. The van der Waals surface area contributed by atoms with Crippen molar-refractivity contribution in [2.45, 2.75) is 31.2 Å². The summed E-state index contributed by atoms with van der Waals surface area (Å²) in [5.41, 5.74) is -1.82. The van der Waals surface area contributed by atoms with Gasteiger partial charge in [0, 0.05) is 31.3 Å². The fourth-order valence-corrected chi connectivity index (χ4v) is 4.14. The number of carbonyl (C=O) groups excluding carboxylic acids is 3. The summed E-state index contributed by atoms with van der Waals surface area (Å²) in [6.07, 6.45) is -0.202. The van der Waals surface area contributed by atoms with Gasteiger partial charge in [0.2, 0.25) is 0 Å². The fraction of sp³-hybridized carbons (Fsp3) is 0.273. The highest BCUT2D eigenvalue weighted by molar-refractivity contribution is 6.48. The molecule has 1 aliphatic rings. The van der Waals surface area contributed by atoms with E-state index in [1.54, 1.807) is 6.07 Å². The number of anilines is 1. The number of nitrogens with one attached hydrogen (secondary N) is 2. The molecule has 7 nitrogen and oxygen atoms in total. The number of halogens is 4. The lowest BCUT2D eigenvalue weighted by Crippen LogP contribution is -2.62. The third kappa shape index (κ3) is 4.36. The van der Waals surface area contributed by atoms with Crippen molar-refractivity contribution >= 4 is 34.9 Å². The Morgan fingerprint density at radius 3 is 2.48 bits per heavy atom. The lowest BCUT2D eigenvalue weighted by atomic mass is 9.73. The van der Waals surface area contributed by atoms with Crippen LogP contribution in [0.2, 0.25) is 5.02 Å². The number of aromatic nitrogens is 1. The number of rotatable bonds is 6. The van der Waals surface area contributed by atoms with Crippen LogP contribution in [0.3, 0.4) is 0 Å². The van der Waals surface area contributed by atoms with E-state index < -0.39 is 47.7 Å². The van der Waals surface area contributed by atoms with Crippen LogP contribution >= 0.6 is 11.6 Å². The minimum absolute atomic E-state index is 0.109. The highest BCUT2D eigenvalue weighted by atomic mass is 35.5. The molecule has 33 heavy (non-hydrogen) atoms. The van der Waals surface area contributed by atoms with Gasteiger partial charge in [0.25, 0.3) is 23.5 Å². The highest BCUT2D eigenvalue weighted by Gasteiger charge is 2.56. The monoisotopic (exact) mass is 478 g/mol. The van der Waals surface area contributed by atoms with E-state index in [1.165, 1.54) is 24.6 Å². The number of nitriles is 1. The fourth-order valence-electron chi connectivity index (χ4n) is 3.71. The van der Waals surface area contributed by atoms with E-state index in [1.807, 2.05) is 0 Å². The summed E-state index contributed by atoms with van der Waals surface area (Å²) in [7, 11) is 1.44. The summed E-state index contributed by atoms with van der Waals surface area (Å²) in [4.78, 5) is 38.1. The molecular weight excluding hydrogens is 461 g/mol. The van der Waals surface area contributed by atoms with Gasteiger partial charge in [-0.3, -0.25) is 14.4 Å². The molecule has 0 atom stereocenters. The van der Waals surface area contributed by atoms with Gasteiger partial charge in [0.05, 0.1) is 21.7 Å². The van der Waals surface area contributed by atoms with E-state index in [2.05, 4.69) is 17.2 Å². The van der Waals surface area contributed by atoms with Crippen molar-refractivity contribution in [3.63, 3.8) is 0 Å². The van der Waals surface area contributed by atoms with Gasteiger partial charge < -0.3 is 15.2 Å². The van der Waals surface area contributed by atoms with Crippen molar-refractivity contribution in [3.8, 4) is 6.07 Å². The van der Waals surface area contributed by atoms with Crippen molar-refractivity contribution in [1.82, 2.24) is 9.88 Å². The number of carbonyl (C=O) groups is 3. The number of Topliss-reactive ketones (excluding diaryl/α,β-unsaturated/α-hetero) is 1. The number of hydrogen-bond donors (Lipinski definition) is 2. The molecule has 2 N–H and O–H groups in total. The van der Waals surface area contributed by atoms with Crippen LogP contribution < -0.4 is 10.6 Å². The largest absolute Gasteiger partial charge is 0.342 e. The van der Waals surface area contributed by atoms with Crippen LogP contribution in [-0.2, 0) is 11.8 Å². The van der Waals surface area contributed by atoms with Crippen LogP contribution in [0, 0.1) is 24.1 Å². The number of hydrogen-bond acceptors (Lipinski definition) is 4. The van der Waals surface area contributed by atoms with Gasteiger partial charge in [-0.15, -0.1) is 6.58 Å². The number of alkyl halides is 2. The summed E-state index contributed by atoms with van der Waals surface area (Å²) in [5.74, 6) is -6.77. The third-order valence-electron chi connectivity index (χ3n) is 5.52. The number of amides is 2. The minimum Gasteiger partial charge on any atom is -0.342 e. The molecule has 1 aliphatic carbocycles. The molecule has 3 rings (SSSR count). The Labute approximate surface area is 191 Å². The molecule has 0 unspecified atom stereocenters. The Balaban J connectivity index is 1.86. The number of ketones is 1. The maximum absolute atomic E-state index is 13.5. The maximum atomic E-state index is 13.5. The molecule has 1 heterocycles. The molecule has 0 radical (unpaired) electrons. The van der Waals surface area contributed by atoms with Crippen LogP contribution in [0.4, 0.5) is 18.9 Å². The first-order valence-corrected chi connectivity index (χ1v) is 9.96. The predicted molar refractivity (Wildman–Crippen MR) is 114 cm³/mol. The first-order chi connectivity index (χ1) is 15.3. The average Bonchev–Trinajstić information content (AvgIpc) is 2.95. The van der Waals surface area contributed by atoms with E-state index in [0.29, 0.717) is 0 Å². The van der Waals surface area contributed by atoms with Gasteiger partial charge in [-0.25, -0.2) is 13.2 Å². The molecular formula is C22H18ClF3N4O3. The van der Waals surface area contributed by atoms with Crippen molar-refractivity contribution in [1.29, 1.82) is 5.26 Å². The SMILES string of the molecule is C=CC1(NC(=O)C(=O)c2c(Cl)c(C(=O)Nc3ccc(F)c(C#N)c3)n(C)c2C)CC(F)(F)C1. The second-order valence-electron chi connectivity index (χ2n) is 7.80. The van der Waals surface area contributed by atoms with Gasteiger partial charge in [-0.2, -0.15) is 5.26 Å². The quantitative estimate of drug-likeness (QED) is 0.373. The number of benzene rings is 1. The van der Waals surface area contributed by atoms with Crippen LogP contribution in [0.5, 0.6) is 0 Å². The third-order valence-corrected chi connectivity index (χ3v) is 5.89. The van der Waals surface area contributed by atoms with Gasteiger partial charge in [-0.05, 0) is 25.1 Å². The van der Waals surface area contributed by atoms with E-state index in [-0.39, 0.29) is 33.2 Å². The van der Waals surface area contributed by atoms with Crippen LogP contribution in [-0.4, -0.2) is 33.6 Å². The van der Waals surface area contributed by atoms with Gasteiger partial charge >= 0.3 is 0 Å². The second-order valence-corrected chi connectivity index (χ2v) is 8.17. The molecule has 11 heteroatoms. The van der Waals surface area contributed by atoms with Crippen molar-refractivity contribution in [2.24, 2.45) is 7.05 Å². The van der Waals surface area contributed by atoms with E-state index in [9.17, 15) is 27.6 Å². The van der Waals surface area contributed by atoms with Crippen LogP contribution in [0.15, 0.2) is 30.9 Å². The number of nitrogens with zero attached hydrogens (tertiary/aromatic N) is 2. The average molecular weight is 479 g/mol. The van der Waals surface area contributed by atoms with Gasteiger partial charge in [0.15, 0.2) is 0 Å².